The van der Waals surface area contributed by atoms with Crippen LogP contribution in [-0.2, 0) is 12.8 Å². The number of aryl methyl sites for hydroxylation is 2. The van der Waals surface area contributed by atoms with E-state index >= 15 is 0 Å². The van der Waals surface area contributed by atoms with Crippen LogP contribution in [0.5, 0.6) is 0 Å². The fourth-order valence-electron chi connectivity index (χ4n) is 4.31. The first-order chi connectivity index (χ1) is 16.4. The average molecular weight is 491 g/mol. The fourth-order valence-corrected chi connectivity index (χ4v) is 4.31. The van der Waals surface area contributed by atoms with E-state index in [1.807, 2.05) is 6.20 Å². The minimum Gasteiger partial charge on any atom is -0.478 e. The number of carboxylic acid groups (broad SMARTS) is 2. The van der Waals surface area contributed by atoms with Crippen molar-refractivity contribution in [2.45, 2.75) is 26.7 Å². The third-order valence-electron chi connectivity index (χ3n) is 6.08. The van der Waals surface area contributed by atoms with Gasteiger partial charge in [-0.3, -0.25) is 4.98 Å². The zero-order valence-electron chi connectivity index (χ0n) is 19.6. The topological polar surface area (TPSA) is 90.7 Å². The van der Waals surface area contributed by atoms with Crippen LogP contribution in [0.2, 0.25) is 0 Å². The number of halogens is 1. The number of anilines is 2. The van der Waals surface area contributed by atoms with Gasteiger partial charge in [0.05, 0.1) is 22.3 Å². The summed E-state index contributed by atoms with van der Waals surface area (Å²) >= 11 is 0. The molecule has 0 bridgehead atoms. The molecule has 0 amide bonds. The van der Waals surface area contributed by atoms with Crippen molar-refractivity contribution in [2.75, 3.05) is 11.4 Å². The fraction of sp³-hybridized carbons (Fsp3) is 0.179. The van der Waals surface area contributed by atoms with Crippen molar-refractivity contribution in [2.24, 2.45) is 0 Å². The van der Waals surface area contributed by atoms with Crippen molar-refractivity contribution in [1.82, 2.24) is 4.98 Å². The maximum Gasteiger partial charge on any atom is 0.335 e. The Morgan fingerprint density at radius 2 is 1.69 bits per heavy atom. The van der Waals surface area contributed by atoms with Gasteiger partial charge in [-0.15, -0.1) is 12.4 Å². The number of rotatable bonds is 4. The van der Waals surface area contributed by atoms with E-state index in [1.54, 1.807) is 6.92 Å². The summed E-state index contributed by atoms with van der Waals surface area (Å²) in [6.07, 6.45) is 4.18. The number of pyridine rings is 1. The third kappa shape index (κ3) is 5.28. The second kappa shape index (κ2) is 11.0. The Balaban J connectivity index is 0.000000213. The largest absolute Gasteiger partial charge is 0.478 e. The summed E-state index contributed by atoms with van der Waals surface area (Å²) in [6, 6.07) is 21.2. The van der Waals surface area contributed by atoms with E-state index in [4.69, 9.17) is 10.2 Å². The number of para-hydroxylation sites is 2. The molecule has 180 valence electrons. The third-order valence-corrected chi connectivity index (χ3v) is 6.08. The molecule has 3 aromatic carbocycles. The highest BCUT2D eigenvalue weighted by atomic mass is 35.5. The highest BCUT2D eigenvalue weighted by Gasteiger charge is 2.24. The van der Waals surface area contributed by atoms with Crippen molar-refractivity contribution in [3.63, 3.8) is 0 Å². The maximum absolute atomic E-state index is 10.6. The predicted octanol–water partition coefficient (Wildman–Crippen LogP) is 6.30. The summed E-state index contributed by atoms with van der Waals surface area (Å²) in [5.41, 5.74) is 7.11. The molecule has 0 unspecified atom stereocenters. The van der Waals surface area contributed by atoms with Crippen LogP contribution in [0.3, 0.4) is 0 Å². The zero-order valence-corrected chi connectivity index (χ0v) is 20.4. The standard InChI is InChI=1S/C19H18N2.C9H8O4.ClH/c1-2-14-7-3-6-10-18(14)21-12-11-15-13-20-17-9-5-4-8-16(17)19(15)21;1-5-2-3-6(8(10)11)4-7(5)9(12)13;/h3-10,13H,2,11-12H2,1H3;2-4H,1H3,(H,10,11)(H,12,13);1H. The Kier molecular flexibility index (Phi) is 8.10. The molecule has 0 saturated heterocycles. The van der Waals surface area contributed by atoms with Gasteiger partial charge >= 0.3 is 11.9 Å². The molecule has 0 aliphatic carbocycles. The molecule has 1 aliphatic rings. The highest BCUT2D eigenvalue weighted by Crippen LogP contribution is 2.40. The van der Waals surface area contributed by atoms with Gasteiger partial charge in [-0.25, -0.2) is 9.59 Å². The van der Waals surface area contributed by atoms with Crippen molar-refractivity contribution < 1.29 is 19.8 Å². The molecule has 5 rings (SSSR count). The van der Waals surface area contributed by atoms with Gasteiger partial charge in [0.25, 0.3) is 0 Å². The number of aromatic nitrogens is 1. The molecule has 0 radical (unpaired) electrons. The number of benzene rings is 3. The minimum absolute atomic E-state index is 0. The lowest BCUT2D eigenvalue weighted by Gasteiger charge is -2.23. The molecule has 35 heavy (non-hydrogen) atoms. The second-order valence-corrected chi connectivity index (χ2v) is 8.17. The number of hydrogen-bond donors (Lipinski definition) is 2. The van der Waals surface area contributed by atoms with Gasteiger partial charge in [-0.05, 0) is 60.7 Å². The molecule has 1 aliphatic heterocycles. The number of nitrogens with zero attached hydrogens (tertiary/aromatic N) is 2. The quantitative estimate of drug-likeness (QED) is 0.348. The van der Waals surface area contributed by atoms with E-state index in [0.717, 1.165) is 31.0 Å². The smallest absolute Gasteiger partial charge is 0.335 e. The molecule has 6 nitrogen and oxygen atoms in total. The summed E-state index contributed by atoms with van der Waals surface area (Å²) in [7, 11) is 0. The van der Waals surface area contributed by atoms with Crippen molar-refractivity contribution in [3.8, 4) is 0 Å². The van der Waals surface area contributed by atoms with Crippen LogP contribution < -0.4 is 4.90 Å². The molecule has 1 aromatic heterocycles. The number of hydrogen-bond acceptors (Lipinski definition) is 4. The monoisotopic (exact) mass is 490 g/mol. The van der Waals surface area contributed by atoms with Crippen molar-refractivity contribution >= 4 is 46.6 Å². The molecular formula is C28H27ClN2O4. The molecule has 0 atom stereocenters. The molecule has 0 fully saturated rings. The molecule has 4 aromatic rings. The Morgan fingerprint density at radius 1 is 0.971 bits per heavy atom. The van der Waals surface area contributed by atoms with Gasteiger partial charge in [0.1, 0.15) is 0 Å². The van der Waals surface area contributed by atoms with Gasteiger partial charge in [0, 0.05) is 23.8 Å². The van der Waals surface area contributed by atoms with E-state index in [-0.39, 0.29) is 23.5 Å². The molecule has 0 spiro atoms. The van der Waals surface area contributed by atoms with Crippen LogP contribution in [0.25, 0.3) is 10.9 Å². The Bertz CT molecular complexity index is 1390. The van der Waals surface area contributed by atoms with Gasteiger partial charge in [-0.1, -0.05) is 49.4 Å². The summed E-state index contributed by atoms with van der Waals surface area (Å²) < 4.78 is 0. The molecule has 7 heteroatoms. The normalized spacial score (nSPS) is 11.8. The number of carbonyl (C=O) groups is 2. The van der Waals surface area contributed by atoms with Gasteiger partial charge in [0.2, 0.25) is 0 Å². The summed E-state index contributed by atoms with van der Waals surface area (Å²) in [6.45, 7) is 4.89. The van der Waals surface area contributed by atoms with Crippen LogP contribution in [-0.4, -0.2) is 33.7 Å². The number of fused-ring (bicyclic) bond motifs is 3. The Labute approximate surface area is 210 Å². The first-order valence-corrected chi connectivity index (χ1v) is 11.2. The Morgan fingerprint density at radius 3 is 2.40 bits per heavy atom. The lowest BCUT2D eigenvalue weighted by Crippen LogP contribution is -2.15. The van der Waals surface area contributed by atoms with Crippen LogP contribution in [0, 0.1) is 6.92 Å². The molecule has 0 saturated carbocycles. The van der Waals surface area contributed by atoms with Gasteiger partial charge in [0.15, 0.2) is 0 Å². The second-order valence-electron chi connectivity index (χ2n) is 8.17. The lowest BCUT2D eigenvalue weighted by atomic mass is 10.1. The first-order valence-electron chi connectivity index (χ1n) is 11.2. The SMILES string of the molecule is CCc1ccccc1N1CCc2cnc3ccccc3c21.Cc1ccc(C(=O)O)cc1C(=O)O.Cl. The van der Waals surface area contributed by atoms with Crippen molar-refractivity contribution in [1.29, 1.82) is 0 Å². The molecular weight excluding hydrogens is 464 g/mol. The van der Waals surface area contributed by atoms with Crippen LogP contribution >= 0.6 is 12.4 Å². The van der Waals surface area contributed by atoms with E-state index in [2.05, 4.69) is 65.3 Å². The number of carboxylic acids is 2. The number of aromatic carboxylic acids is 2. The maximum atomic E-state index is 10.6. The lowest BCUT2D eigenvalue weighted by molar-refractivity contribution is 0.0695. The highest BCUT2D eigenvalue weighted by molar-refractivity contribution is 5.97. The zero-order chi connectivity index (χ0) is 24.2. The summed E-state index contributed by atoms with van der Waals surface area (Å²) in [4.78, 5) is 28.2. The van der Waals surface area contributed by atoms with E-state index in [0.29, 0.717) is 5.56 Å². The van der Waals surface area contributed by atoms with Gasteiger partial charge in [-0.2, -0.15) is 0 Å². The predicted molar refractivity (Wildman–Crippen MR) is 141 cm³/mol. The van der Waals surface area contributed by atoms with Crippen LogP contribution in [0.4, 0.5) is 11.4 Å². The minimum atomic E-state index is -1.12. The molecule has 2 heterocycles. The first kappa shape index (κ1) is 25.7. The summed E-state index contributed by atoms with van der Waals surface area (Å²) in [5.74, 6) is -2.23. The van der Waals surface area contributed by atoms with Gasteiger partial charge < -0.3 is 15.1 Å². The summed E-state index contributed by atoms with van der Waals surface area (Å²) in [5, 5.41) is 18.5. The van der Waals surface area contributed by atoms with E-state index in [9.17, 15) is 9.59 Å². The van der Waals surface area contributed by atoms with E-state index in [1.165, 1.54) is 40.0 Å². The Hall–Kier alpha value is -3.90. The van der Waals surface area contributed by atoms with Crippen LogP contribution in [0.15, 0.2) is 72.9 Å². The van der Waals surface area contributed by atoms with Crippen LogP contribution in [0.1, 0.15) is 44.3 Å². The van der Waals surface area contributed by atoms with Crippen molar-refractivity contribution in [3.05, 3.63) is 101 Å². The van der Waals surface area contributed by atoms with E-state index < -0.39 is 11.9 Å². The average Bonchev–Trinajstić information content (AvgIpc) is 3.29. The molecule has 2 N–H and O–H groups in total.